The number of anilines is 2. The summed E-state index contributed by atoms with van der Waals surface area (Å²) in [7, 11) is 3.80. The van der Waals surface area contributed by atoms with E-state index < -0.39 is 0 Å². The van der Waals surface area contributed by atoms with E-state index >= 15 is 0 Å². The number of methoxy groups -OCH3 is 1. The number of rotatable bonds is 9. The predicted molar refractivity (Wildman–Crippen MR) is 132 cm³/mol. The van der Waals surface area contributed by atoms with Crippen molar-refractivity contribution in [3.63, 3.8) is 0 Å². The molecule has 4 aromatic rings. The van der Waals surface area contributed by atoms with E-state index in [-0.39, 0.29) is 0 Å². The Balaban J connectivity index is 1.42. The largest absolute Gasteiger partial charge is 0.497 e. The van der Waals surface area contributed by atoms with E-state index in [2.05, 4.69) is 46.5 Å². The van der Waals surface area contributed by atoms with Crippen LogP contribution < -0.4 is 15.8 Å². The summed E-state index contributed by atoms with van der Waals surface area (Å²) in [6, 6.07) is 22.3. The zero-order valence-electron chi connectivity index (χ0n) is 18.6. The second-order valence-corrected chi connectivity index (χ2v) is 7.91. The van der Waals surface area contributed by atoms with Crippen molar-refractivity contribution in [1.82, 2.24) is 14.9 Å². The number of benzene rings is 2. The summed E-state index contributed by atoms with van der Waals surface area (Å²) in [6.45, 7) is 2.71. The first-order valence-corrected chi connectivity index (χ1v) is 10.8. The van der Waals surface area contributed by atoms with E-state index in [1.54, 1.807) is 7.11 Å². The second-order valence-electron chi connectivity index (χ2n) is 7.91. The quantitative estimate of drug-likeness (QED) is 0.373. The molecule has 2 aromatic carbocycles. The molecule has 2 aromatic heterocycles. The van der Waals surface area contributed by atoms with Gasteiger partial charge in [-0.2, -0.15) is 0 Å². The Morgan fingerprint density at radius 1 is 1.03 bits per heavy atom. The normalized spacial score (nSPS) is 11.1. The number of ether oxygens (including phenoxy) is 1. The van der Waals surface area contributed by atoms with Gasteiger partial charge in [-0.15, -0.1) is 0 Å². The molecule has 6 nitrogen and oxygen atoms in total. The number of hydrogen-bond donors (Lipinski definition) is 2. The van der Waals surface area contributed by atoms with Gasteiger partial charge in [-0.3, -0.25) is 0 Å². The Labute approximate surface area is 189 Å². The molecule has 0 spiro atoms. The van der Waals surface area contributed by atoms with Crippen molar-refractivity contribution >= 4 is 22.4 Å². The van der Waals surface area contributed by atoms with E-state index in [1.807, 2.05) is 48.7 Å². The number of aromatic nitrogens is 2. The zero-order valence-corrected chi connectivity index (χ0v) is 18.6. The third-order valence-corrected chi connectivity index (χ3v) is 5.43. The van der Waals surface area contributed by atoms with Gasteiger partial charge in [0, 0.05) is 35.9 Å². The van der Waals surface area contributed by atoms with Crippen molar-refractivity contribution in [3.8, 4) is 17.0 Å². The van der Waals surface area contributed by atoms with Crippen LogP contribution in [0.1, 0.15) is 12.0 Å². The zero-order chi connectivity index (χ0) is 22.3. The van der Waals surface area contributed by atoms with Gasteiger partial charge in [0.25, 0.3) is 0 Å². The number of fused-ring (bicyclic) bond motifs is 1. The van der Waals surface area contributed by atoms with Gasteiger partial charge >= 0.3 is 0 Å². The molecular formula is C26H29N5O. The lowest BCUT2D eigenvalue weighted by molar-refractivity contribution is 0.325. The van der Waals surface area contributed by atoms with Crippen molar-refractivity contribution in [2.75, 3.05) is 38.3 Å². The smallest absolute Gasteiger partial charge is 0.123 e. The number of pyridine rings is 2. The van der Waals surface area contributed by atoms with Crippen molar-refractivity contribution in [3.05, 3.63) is 78.5 Å². The van der Waals surface area contributed by atoms with Crippen LogP contribution in [-0.4, -0.2) is 42.1 Å². The molecule has 6 heteroatoms. The van der Waals surface area contributed by atoms with Gasteiger partial charge in [0.15, 0.2) is 0 Å². The fourth-order valence-corrected chi connectivity index (χ4v) is 3.72. The van der Waals surface area contributed by atoms with Gasteiger partial charge in [0.1, 0.15) is 11.6 Å². The lowest BCUT2D eigenvalue weighted by Crippen LogP contribution is -2.21. The number of nitrogens with two attached hydrogens (primary N) is 1. The summed E-state index contributed by atoms with van der Waals surface area (Å²) in [5, 5.41) is 4.76. The summed E-state index contributed by atoms with van der Waals surface area (Å²) >= 11 is 0. The fourth-order valence-electron chi connectivity index (χ4n) is 3.72. The van der Waals surface area contributed by atoms with Crippen LogP contribution in [0.3, 0.4) is 0 Å². The molecule has 0 aliphatic heterocycles. The lowest BCUT2D eigenvalue weighted by atomic mass is 10.1. The molecule has 0 fully saturated rings. The van der Waals surface area contributed by atoms with E-state index in [0.29, 0.717) is 5.82 Å². The third kappa shape index (κ3) is 5.34. The molecule has 0 saturated heterocycles. The summed E-state index contributed by atoms with van der Waals surface area (Å²) in [5.74, 6) is 1.39. The molecule has 32 heavy (non-hydrogen) atoms. The molecule has 0 unspecified atom stereocenters. The van der Waals surface area contributed by atoms with Gasteiger partial charge in [-0.25, -0.2) is 9.97 Å². The van der Waals surface area contributed by atoms with E-state index in [9.17, 15) is 0 Å². The molecule has 0 aliphatic rings. The maximum Gasteiger partial charge on any atom is 0.123 e. The average Bonchev–Trinajstić information content (AvgIpc) is 2.83. The Hall–Kier alpha value is -3.64. The van der Waals surface area contributed by atoms with Crippen LogP contribution >= 0.6 is 0 Å². The molecule has 0 atom stereocenters. The van der Waals surface area contributed by atoms with Crippen LogP contribution in [0.25, 0.3) is 22.2 Å². The number of hydrogen-bond acceptors (Lipinski definition) is 6. The molecule has 0 bridgehead atoms. The van der Waals surface area contributed by atoms with E-state index in [4.69, 9.17) is 15.5 Å². The van der Waals surface area contributed by atoms with Crippen molar-refractivity contribution < 1.29 is 4.74 Å². The molecule has 0 amide bonds. The number of para-hydroxylation sites is 1. The van der Waals surface area contributed by atoms with Gasteiger partial charge in [0.05, 0.1) is 18.3 Å². The first-order valence-electron chi connectivity index (χ1n) is 10.8. The number of nitrogens with zero attached hydrogens (tertiary/aromatic N) is 3. The van der Waals surface area contributed by atoms with Crippen LogP contribution in [0, 0.1) is 0 Å². The van der Waals surface area contributed by atoms with E-state index in [1.165, 1.54) is 5.56 Å². The first kappa shape index (κ1) is 21.6. The second kappa shape index (κ2) is 10.1. The van der Waals surface area contributed by atoms with Crippen LogP contribution in [0.2, 0.25) is 0 Å². The fraction of sp³-hybridized carbons (Fsp3) is 0.231. The standard InChI is InChI=1S/C26H29N5O/c1-31(18-19-8-13-26(27)29-17-19)15-5-14-28-25-16-24(20-9-11-21(32-2)12-10-20)30-23-7-4-3-6-22(23)25/h3-4,6-13,16-17H,5,14-15,18H2,1-2H3,(H2,27,29)(H,28,30). The van der Waals surface area contributed by atoms with Crippen LogP contribution in [-0.2, 0) is 6.54 Å². The Morgan fingerprint density at radius 3 is 2.59 bits per heavy atom. The predicted octanol–water partition coefficient (Wildman–Crippen LogP) is 4.82. The molecule has 0 radical (unpaired) electrons. The summed E-state index contributed by atoms with van der Waals surface area (Å²) in [5.41, 5.74) is 10.9. The molecule has 2 heterocycles. The van der Waals surface area contributed by atoms with Crippen molar-refractivity contribution in [1.29, 1.82) is 0 Å². The maximum atomic E-state index is 5.67. The molecule has 0 aliphatic carbocycles. The van der Waals surface area contributed by atoms with Gasteiger partial charge in [-0.05, 0) is 68.0 Å². The number of nitrogen functional groups attached to an aromatic ring is 1. The minimum Gasteiger partial charge on any atom is -0.497 e. The molecule has 3 N–H and O–H groups in total. The van der Waals surface area contributed by atoms with Crippen molar-refractivity contribution in [2.45, 2.75) is 13.0 Å². The Bertz CT molecular complexity index is 1160. The number of nitrogens with one attached hydrogen (secondary N) is 1. The monoisotopic (exact) mass is 427 g/mol. The topological polar surface area (TPSA) is 76.3 Å². The molecular weight excluding hydrogens is 398 g/mol. The minimum atomic E-state index is 0.555. The van der Waals surface area contributed by atoms with Crippen LogP contribution in [0.5, 0.6) is 5.75 Å². The van der Waals surface area contributed by atoms with Crippen molar-refractivity contribution in [2.24, 2.45) is 0 Å². The molecule has 4 rings (SSSR count). The maximum absolute atomic E-state index is 5.67. The average molecular weight is 428 g/mol. The SMILES string of the molecule is COc1ccc(-c2cc(NCCCN(C)Cc3ccc(N)nc3)c3ccccc3n2)cc1. The highest BCUT2D eigenvalue weighted by atomic mass is 16.5. The Morgan fingerprint density at radius 2 is 1.84 bits per heavy atom. The van der Waals surface area contributed by atoms with Crippen LogP contribution in [0.4, 0.5) is 11.5 Å². The minimum absolute atomic E-state index is 0.555. The highest BCUT2D eigenvalue weighted by Gasteiger charge is 2.08. The third-order valence-electron chi connectivity index (χ3n) is 5.43. The lowest BCUT2D eigenvalue weighted by Gasteiger charge is -2.17. The highest BCUT2D eigenvalue weighted by molar-refractivity contribution is 5.93. The summed E-state index contributed by atoms with van der Waals surface area (Å²) < 4.78 is 5.28. The van der Waals surface area contributed by atoms with Gasteiger partial charge < -0.3 is 20.7 Å². The Kier molecular flexibility index (Phi) is 6.82. The van der Waals surface area contributed by atoms with Crippen LogP contribution in [0.15, 0.2) is 72.9 Å². The summed E-state index contributed by atoms with van der Waals surface area (Å²) in [4.78, 5) is 11.3. The van der Waals surface area contributed by atoms with E-state index in [0.717, 1.165) is 59.7 Å². The first-order chi connectivity index (χ1) is 15.6. The highest BCUT2D eigenvalue weighted by Crippen LogP contribution is 2.29. The van der Waals surface area contributed by atoms with Gasteiger partial charge in [-0.1, -0.05) is 24.3 Å². The van der Waals surface area contributed by atoms with Gasteiger partial charge in [0.2, 0.25) is 0 Å². The summed E-state index contributed by atoms with van der Waals surface area (Å²) in [6.07, 6.45) is 2.86. The molecule has 164 valence electrons. The molecule has 0 saturated carbocycles.